The molecule has 0 saturated heterocycles. The Balaban J connectivity index is 1.20. The van der Waals surface area contributed by atoms with Gasteiger partial charge in [-0.2, -0.15) is 15.8 Å². The zero-order chi connectivity index (χ0) is 40.9. The van der Waals surface area contributed by atoms with Crippen molar-refractivity contribution in [2.24, 2.45) is 0 Å². The third-order valence-corrected chi connectivity index (χ3v) is 11.1. The van der Waals surface area contributed by atoms with Crippen LogP contribution >= 0.6 is 0 Å². The van der Waals surface area contributed by atoms with Crippen molar-refractivity contribution >= 4 is 55.0 Å². The van der Waals surface area contributed by atoms with Crippen molar-refractivity contribution in [3.8, 4) is 63.0 Å². The lowest BCUT2D eigenvalue weighted by Crippen LogP contribution is -2.02. The van der Waals surface area contributed by atoms with Gasteiger partial charge in [-0.25, -0.2) is 9.69 Å². The molecule has 0 saturated carbocycles. The molecule has 10 aromatic rings. The highest BCUT2D eigenvalue weighted by atomic mass is 15.0. The number of hydrogen-bond acceptors (Lipinski definition) is 4. The molecule has 7 aromatic carbocycles. The Morgan fingerprint density at radius 3 is 1.50 bits per heavy atom. The zero-order valence-electron chi connectivity index (χ0n) is 31.6. The van der Waals surface area contributed by atoms with Crippen LogP contribution in [0.2, 0.25) is 0 Å². The highest BCUT2D eigenvalue weighted by Gasteiger charge is 2.22. The minimum atomic E-state index is 0.416. The molecule has 8 nitrogen and oxygen atoms in total. The summed E-state index contributed by atoms with van der Waals surface area (Å²) in [5.74, 6) is 0. The smallest absolute Gasteiger partial charge is 0.177 e. The Morgan fingerprint density at radius 1 is 0.433 bits per heavy atom. The summed E-state index contributed by atoms with van der Waals surface area (Å²) in [5.41, 5.74) is 12.8. The fourth-order valence-electron chi connectivity index (χ4n) is 8.44. The second-order valence-corrected chi connectivity index (χ2v) is 14.4. The minimum absolute atomic E-state index is 0.416. The van der Waals surface area contributed by atoms with Crippen molar-refractivity contribution < 1.29 is 0 Å². The van der Waals surface area contributed by atoms with E-state index < -0.39 is 0 Å². The van der Waals surface area contributed by atoms with E-state index in [0.717, 1.165) is 88.4 Å². The highest BCUT2D eigenvalue weighted by Crippen LogP contribution is 2.43. The van der Waals surface area contributed by atoms with Gasteiger partial charge in [-0.15, -0.1) is 0 Å². The lowest BCUT2D eigenvalue weighted by molar-refractivity contribution is 1.14. The molecule has 0 amide bonds. The monoisotopic (exact) mass is 762 g/mol. The van der Waals surface area contributed by atoms with Crippen molar-refractivity contribution in [3.63, 3.8) is 0 Å². The van der Waals surface area contributed by atoms with Crippen molar-refractivity contribution in [1.82, 2.24) is 14.1 Å². The molecule has 3 heterocycles. The van der Waals surface area contributed by atoms with Crippen LogP contribution in [0.4, 0.5) is 11.4 Å². The molecule has 0 fully saturated rings. The summed E-state index contributed by atoms with van der Waals surface area (Å²) in [6, 6.07) is 53.8. The molecule has 0 spiro atoms. The maximum atomic E-state index is 10.3. The van der Waals surface area contributed by atoms with Crippen LogP contribution in [0.3, 0.4) is 0 Å². The second kappa shape index (κ2) is 14.0. The molecule has 10 rings (SSSR count). The van der Waals surface area contributed by atoms with Gasteiger partial charge in [0.25, 0.3) is 0 Å². The molecule has 60 heavy (non-hydrogen) atoms. The molecule has 0 atom stereocenters. The topological polar surface area (TPSA) is 103 Å². The number of fused-ring (bicyclic) bond motifs is 6. The SMILES string of the molecule is [C-]#[N+]c1cc([N+]#[C-])cc(-c2ccc3c(c2)c2ccccc2n3-c2ccc(C#N)cc2-c2cnccc2-n2c3ccccc3c3cc(-c4cc(C#N)cc(C#N)c4)ccc32)c1. The van der Waals surface area contributed by atoms with Crippen LogP contribution in [0.1, 0.15) is 16.7 Å². The first-order chi connectivity index (χ1) is 29.5. The molecule has 0 aliphatic carbocycles. The molecule has 0 bridgehead atoms. The second-order valence-electron chi connectivity index (χ2n) is 14.4. The average molecular weight is 763 g/mol. The van der Waals surface area contributed by atoms with Crippen molar-refractivity contribution in [3.05, 3.63) is 198 Å². The van der Waals surface area contributed by atoms with E-state index in [2.05, 4.69) is 90.5 Å². The molecule has 0 unspecified atom stereocenters. The summed E-state index contributed by atoms with van der Waals surface area (Å²) in [6.07, 6.45) is 3.63. The summed E-state index contributed by atoms with van der Waals surface area (Å²) in [5, 5.41) is 33.7. The summed E-state index contributed by atoms with van der Waals surface area (Å²) >= 11 is 0. The van der Waals surface area contributed by atoms with Gasteiger partial charge in [0, 0.05) is 45.1 Å². The van der Waals surface area contributed by atoms with Crippen molar-refractivity contribution in [2.45, 2.75) is 0 Å². The van der Waals surface area contributed by atoms with Gasteiger partial charge in [0.15, 0.2) is 11.4 Å². The van der Waals surface area contributed by atoms with Gasteiger partial charge in [0.05, 0.1) is 81.5 Å². The van der Waals surface area contributed by atoms with Crippen molar-refractivity contribution in [2.75, 3.05) is 0 Å². The Bertz CT molecular complexity index is 3620. The summed E-state index contributed by atoms with van der Waals surface area (Å²) in [4.78, 5) is 11.9. The first kappa shape index (κ1) is 35.2. The zero-order valence-corrected chi connectivity index (χ0v) is 31.6. The van der Waals surface area contributed by atoms with Gasteiger partial charge in [0.1, 0.15) is 0 Å². The summed E-state index contributed by atoms with van der Waals surface area (Å²) in [7, 11) is 0. The van der Waals surface area contributed by atoms with Gasteiger partial charge in [-0.3, -0.25) is 4.98 Å². The van der Waals surface area contributed by atoms with Gasteiger partial charge < -0.3 is 9.13 Å². The van der Waals surface area contributed by atoms with E-state index in [1.165, 1.54) is 0 Å². The maximum Gasteiger partial charge on any atom is 0.177 e. The predicted octanol–water partition coefficient (Wildman–Crippen LogP) is 13.0. The molecular weight excluding hydrogens is 737 g/mol. The van der Waals surface area contributed by atoms with Gasteiger partial charge in [-0.05, 0) is 101 Å². The Labute approximate surface area is 344 Å². The number of nitriles is 3. The fraction of sp³-hybridized carbons (Fsp3) is 0. The number of aromatic nitrogens is 3. The van der Waals surface area contributed by atoms with Gasteiger partial charge in [0.2, 0.25) is 0 Å². The number of hydrogen-bond donors (Lipinski definition) is 0. The lowest BCUT2D eigenvalue weighted by atomic mass is 9.98. The first-order valence-electron chi connectivity index (χ1n) is 18.9. The third-order valence-electron chi connectivity index (χ3n) is 11.1. The van der Waals surface area contributed by atoms with E-state index in [0.29, 0.717) is 28.1 Å². The quantitative estimate of drug-likeness (QED) is 0.163. The Hall–Kier alpha value is -9.26. The Kier molecular flexibility index (Phi) is 8.23. The lowest BCUT2D eigenvalue weighted by Gasteiger charge is -2.18. The van der Waals surface area contributed by atoms with Crippen LogP contribution in [0, 0.1) is 47.1 Å². The molecule has 0 aliphatic heterocycles. The standard InChI is InChI=1S/C52H26N8/c1-56-39-23-38(24-40(27-39)57-2)36-13-16-50-45(26-36)41-7-3-5-9-47(41)59(50)49-14-11-32(28-53)22-43(49)46-31-58-18-17-52(46)60-48-10-6-4-8-42(48)44-25-35(12-15-51(44)60)37-20-33(29-54)19-34(21-37)30-55/h3-27,31H. The number of rotatable bonds is 5. The summed E-state index contributed by atoms with van der Waals surface area (Å²) < 4.78 is 4.46. The minimum Gasteiger partial charge on any atom is -0.309 e. The number of nitrogens with zero attached hydrogens (tertiary/aromatic N) is 8. The first-order valence-corrected chi connectivity index (χ1v) is 18.9. The van der Waals surface area contributed by atoms with E-state index in [4.69, 9.17) is 13.1 Å². The van der Waals surface area contributed by atoms with Crippen LogP contribution in [0.25, 0.3) is 98.1 Å². The van der Waals surface area contributed by atoms with Crippen LogP contribution in [0.15, 0.2) is 158 Å². The molecule has 0 aliphatic rings. The van der Waals surface area contributed by atoms with E-state index in [1.54, 1.807) is 30.5 Å². The summed E-state index contributed by atoms with van der Waals surface area (Å²) in [6.45, 7) is 15.2. The average Bonchev–Trinajstić information content (AvgIpc) is 3.82. The van der Waals surface area contributed by atoms with Crippen LogP contribution in [-0.2, 0) is 0 Å². The maximum absolute atomic E-state index is 10.3. The number of benzene rings is 7. The number of para-hydroxylation sites is 2. The highest BCUT2D eigenvalue weighted by molar-refractivity contribution is 6.13. The van der Waals surface area contributed by atoms with Crippen LogP contribution < -0.4 is 0 Å². The van der Waals surface area contributed by atoms with Crippen molar-refractivity contribution in [1.29, 1.82) is 15.8 Å². The molecule has 0 radical (unpaired) electrons. The van der Waals surface area contributed by atoms with E-state index >= 15 is 0 Å². The Morgan fingerprint density at radius 2 is 0.950 bits per heavy atom. The fourth-order valence-corrected chi connectivity index (χ4v) is 8.44. The van der Waals surface area contributed by atoms with Crippen LogP contribution in [0.5, 0.6) is 0 Å². The molecule has 274 valence electrons. The number of pyridine rings is 1. The molecule has 3 aromatic heterocycles. The van der Waals surface area contributed by atoms with Gasteiger partial charge >= 0.3 is 0 Å². The molecule has 0 N–H and O–H groups in total. The molecule has 8 heteroatoms. The predicted molar refractivity (Wildman–Crippen MR) is 236 cm³/mol. The van der Waals surface area contributed by atoms with Gasteiger partial charge in [-0.1, -0.05) is 66.7 Å². The van der Waals surface area contributed by atoms with E-state index in [-0.39, 0.29) is 0 Å². The van der Waals surface area contributed by atoms with E-state index in [1.807, 2.05) is 79.0 Å². The van der Waals surface area contributed by atoms with E-state index in [9.17, 15) is 15.8 Å². The molecular formula is C52H26N8. The third kappa shape index (κ3) is 5.61. The largest absolute Gasteiger partial charge is 0.309 e. The van der Waals surface area contributed by atoms with Crippen LogP contribution in [-0.4, -0.2) is 14.1 Å². The normalized spacial score (nSPS) is 10.9.